The fourth-order valence-electron chi connectivity index (χ4n) is 2.15. The first kappa shape index (κ1) is 15.5. The summed E-state index contributed by atoms with van der Waals surface area (Å²) in [5.41, 5.74) is 1.97. The highest BCUT2D eigenvalue weighted by atomic mass is 16.4. The van der Waals surface area contributed by atoms with Crippen molar-refractivity contribution in [3.63, 3.8) is 0 Å². The van der Waals surface area contributed by atoms with Gasteiger partial charge in [-0.15, -0.1) is 5.76 Å². The highest BCUT2D eigenvalue weighted by molar-refractivity contribution is 5.66. The zero-order valence-corrected chi connectivity index (χ0v) is 11.7. The molecule has 3 heteroatoms. The van der Waals surface area contributed by atoms with Crippen LogP contribution in [0.5, 0.6) is 0 Å². The van der Waals surface area contributed by atoms with Crippen molar-refractivity contribution in [3.05, 3.63) is 35.1 Å². The van der Waals surface area contributed by atoms with E-state index in [1.54, 1.807) is 0 Å². The van der Waals surface area contributed by atoms with E-state index in [0.29, 0.717) is 6.42 Å². The number of carbonyl (C=O) groups is 1. The Bertz CT molecular complexity index is 389. The van der Waals surface area contributed by atoms with Gasteiger partial charge in [-0.05, 0) is 25.3 Å². The van der Waals surface area contributed by atoms with Gasteiger partial charge in [0, 0.05) is 6.42 Å². The molecule has 1 aliphatic rings. The molecule has 0 saturated heterocycles. The van der Waals surface area contributed by atoms with E-state index in [0.717, 1.165) is 49.7 Å². The predicted molar refractivity (Wildman–Crippen MR) is 74.5 cm³/mol. The molecule has 1 aliphatic carbocycles. The molecule has 0 aromatic carbocycles. The fraction of sp³-hybridized carbons (Fsp3) is 0.562. The van der Waals surface area contributed by atoms with Crippen LogP contribution in [0.2, 0.25) is 0 Å². The molecule has 0 aliphatic heterocycles. The van der Waals surface area contributed by atoms with Gasteiger partial charge in [-0.3, -0.25) is 4.79 Å². The number of carboxylic acid groups (broad SMARTS) is 1. The van der Waals surface area contributed by atoms with Crippen LogP contribution in [-0.4, -0.2) is 11.1 Å². The highest BCUT2D eigenvalue weighted by Crippen LogP contribution is 2.19. The van der Waals surface area contributed by atoms with Crippen LogP contribution in [0.4, 0.5) is 0 Å². The smallest absolute Gasteiger partial charge is 0.303 e. The molecule has 0 saturated carbocycles. The minimum absolute atomic E-state index is 0.235. The molecular formula is C16H23O3-. The number of unbranched alkanes of at least 4 members (excludes halogenated alkanes) is 5. The lowest BCUT2D eigenvalue weighted by Crippen LogP contribution is -2.05. The number of aliphatic carboxylic acids is 1. The average molecular weight is 263 g/mol. The molecule has 0 aromatic heterocycles. The monoisotopic (exact) mass is 263 g/mol. The molecule has 0 radical (unpaired) electrons. The zero-order chi connectivity index (χ0) is 14.1. The van der Waals surface area contributed by atoms with Gasteiger partial charge >= 0.3 is 5.97 Å². The van der Waals surface area contributed by atoms with Gasteiger partial charge in [0.1, 0.15) is 0 Å². The first-order valence-corrected chi connectivity index (χ1v) is 7.08. The largest absolute Gasteiger partial charge is 0.875 e. The maximum Gasteiger partial charge on any atom is 0.303 e. The average Bonchev–Trinajstić information content (AvgIpc) is 2.78. The molecule has 0 aromatic rings. The van der Waals surface area contributed by atoms with Crippen molar-refractivity contribution in [3.8, 4) is 0 Å². The summed E-state index contributed by atoms with van der Waals surface area (Å²) in [5.74, 6) is -0.477. The molecule has 19 heavy (non-hydrogen) atoms. The summed E-state index contributed by atoms with van der Waals surface area (Å²) in [4.78, 5) is 10.3. The van der Waals surface area contributed by atoms with Crippen LogP contribution >= 0.6 is 0 Å². The second kappa shape index (κ2) is 8.57. The van der Waals surface area contributed by atoms with Crippen molar-refractivity contribution in [2.75, 3.05) is 0 Å². The zero-order valence-electron chi connectivity index (χ0n) is 11.7. The van der Waals surface area contributed by atoms with Crippen LogP contribution in [0.3, 0.4) is 0 Å². The lowest BCUT2D eigenvalue weighted by atomic mass is 10.1. The van der Waals surface area contributed by atoms with Crippen molar-refractivity contribution < 1.29 is 15.0 Å². The van der Waals surface area contributed by atoms with Crippen LogP contribution in [0.25, 0.3) is 0 Å². The predicted octanol–water partition coefficient (Wildman–Crippen LogP) is 3.32. The molecule has 0 bridgehead atoms. The highest BCUT2D eigenvalue weighted by Gasteiger charge is 1.99. The Balaban J connectivity index is 2.02. The normalized spacial score (nSPS) is 16.6. The summed E-state index contributed by atoms with van der Waals surface area (Å²) in [5, 5.41) is 20.3. The Hall–Kier alpha value is -1.51. The van der Waals surface area contributed by atoms with Crippen molar-refractivity contribution in [1.82, 2.24) is 0 Å². The quantitative estimate of drug-likeness (QED) is 0.512. The first-order chi connectivity index (χ1) is 9.09. The molecule has 0 amide bonds. The van der Waals surface area contributed by atoms with E-state index in [1.807, 2.05) is 25.2 Å². The first-order valence-electron chi connectivity index (χ1n) is 7.08. The number of carboxylic acids is 1. The summed E-state index contributed by atoms with van der Waals surface area (Å²) in [6, 6.07) is 0. The van der Waals surface area contributed by atoms with E-state index in [2.05, 4.69) is 0 Å². The van der Waals surface area contributed by atoms with Gasteiger partial charge in [0.2, 0.25) is 0 Å². The van der Waals surface area contributed by atoms with Gasteiger partial charge in [0.25, 0.3) is 0 Å². The Morgan fingerprint density at radius 3 is 2.16 bits per heavy atom. The number of hydrogen-bond acceptors (Lipinski definition) is 2. The van der Waals surface area contributed by atoms with E-state index < -0.39 is 5.97 Å². The number of rotatable bonds is 9. The van der Waals surface area contributed by atoms with Crippen molar-refractivity contribution in [2.45, 2.75) is 58.3 Å². The van der Waals surface area contributed by atoms with E-state index >= 15 is 0 Å². The maximum absolute atomic E-state index is 11.8. The van der Waals surface area contributed by atoms with Crippen LogP contribution < -0.4 is 5.11 Å². The van der Waals surface area contributed by atoms with Crippen molar-refractivity contribution in [1.29, 1.82) is 0 Å². The van der Waals surface area contributed by atoms with E-state index in [9.17, 15) is 9.90 Å². The SMILES string of the molecule is CC1=CC(=C([O-])CCCCCCCCC(=O)O)C=C1. The van der Waals surface area contributed by atoms with Gasteiger partial charge in [0.05, 0.1) is 0 Å². The second-order valence-corrected chi connectivity index (χ2v) is 5.12. The number of hydrogen-bond donors (Lipinski definition) is 1. The Kier molecular flexibility index (Phi) is 7.01. The van der Waals surface area contributed by atoms with Crippen molar-refractivity contribution in [2.24, 2.45) is 0 Å². The van der Waals surface area contributed by atoms with Gasteiger partial charge in [0.15, 0.2) is 0 Å². The minimum atomic E-state index is -0.712. The van der Waals surface area contributed by atoms with Crippen LogP contribution in [-0.2, 0) is 4.79 Å². The molecule has 0 spiro atoms. The van der Waals surface area contributed by atoms with Crippen molar-refractivity contribution >= 4 is 5.97 Å². The summed E-state index contributed by atoms with van der Waals surface area (Å²) in [6.07, 6.45) is 12.6. The third-order valence-corrected chi connectivity index (χ3v) is 3.28. The molecule has 1 rings (SSSR count). The topological polar surface area (TPSA) is 60.4 Å². The van der Waals surface area contributed by atoms with Crippen LogP contribution in [0, 0.1) is 0 Å². The molecule has 0 unspecified atom stereocenters. The third-order valence-electron chi connectivity index (χ3n) is 3.28. The Morgan fingerprint density at radius 1 is 1.05 bits per heavy atom. The third kappa shape index (κ3) is 6.85. The summed E-state index contributed by atoms with van der Waals surface area (Å²) in [6.45, 7) is 1.99. The molecule has 0 fully saturated rings. The molecule has 0 atom stereocenters. The molecule has 0 heterocycles. The molecule has 3 nitrogen and oxygen atoms in total. The van der Waals surface area contributed by atoms with E-state index in [-0.39, 0.29) is 12.2 Å². The van der Waals surface area contributed by atoms with E-state index in [1.165, 1.54) is 0 Å². The molecule has 106 valence electrons. The lowest BCUT2D eigenvalue weighted by Gasteiger charge is -2.14. The van der Waals surface area contributed by atoms with Crippen LogP contribution in [0.15, 0.2) is 35.1 Å². The maximum atomic E-state index is 11.8. The second-order valence-electron chi connectivity index (χ2n) is 5.12. The standard InChI is InChI=1S/C16H24O3/c1-13-10-11-14(12-13)15(17)8-6-4-2-3-5-7-9-16(18)19/h10-12,17H,2-9H2,1H3,(H,18,19)/p-1. The summed E-state index contributed by atoms with van der Waals surface area (Å²) < 4.78 is 0. The molecule has 1 N–H and O–H groups in total. The van der Waals surface area contributed by atoms with Gasteiger partial charge < -0.3 is 10.2 Å². The van der Waals surface area contributed by atoms with E-state index in [4.69, 9.17) is 5.11 Å². The van der Waals surface area contributed by atoms with Gasteiger partial charge in [-0.1, -0.05) is 55.9 Å². The summed E-state index contributed by atoms with van der Waals surface area (Å²) >= 11 is 0. The Labute approximate surface area is 115 Å². The fourth-order valence-corrected chi connectivity index (χ4v) is 2.15. The summed E-state index contributed by atoms with van der Waals surface area (Å²) in [7, 11) is 0. The molecular weight excluding hydrogens is 240 g/mol. The number of allylic oxidation sites excluding steroid dienone is 6. The van der Waals surface area contributed by atoms with Crippen LogP contribution in [0.1, 0.15) is 58.3 Å². The lowest BCUT2D eigenvalue weighted by molar-refractivity contribution is -0.307. The Morgan fingerprint density at radius 2 is 1.63 bits per heavy atom. The van der Waals surface area contributed by atoms with Gasteiger partial charge in [-0.25, -0.2) is 0 Å². The minimum Gasteiger partial charge on any atom is -0.875 e. The van der Waals surface area contributed by atoms with Gasteiger partial charge in [-0.2, -0.15) is 0 Å².